The number of carbonyl (C=O) groups is 1. The molecule has 100 valence electrons. The lowest BCUT2D eigenvalue weighted by Crippen LogP contribution is -2.33. The standard InChI is InChI=1S/C11H9F3N4O/c12-11(13,14)9-8(10(19)18-17-9)6-16-5-7-2-1-3-15-4-7/h1-4,6,8H,5H2,(H,18,19). The lowest BCUT2D eigenvalue weighted by Gasteiger charge is -2.08. The Kier molecular flexibility index (Phi) is 3.59. The van der Waals surface area contributed by atoms with E-state index in [1.165, 1.54) is 0 Å². The molecule has 0 saturated carbocycles. The number of nitrogens with zero attached hydrogens (tertiary/aromatic N) is 3. The summed E-state index contributed by atoms with van der Waals surface area (Å²) >= 11 is 0. The third kappa shape index (κ3) is 3.15. The molecular formula is C11H9F3N4O. The fourth-order valence-electron chi connectivity index (χ4n) is 1.51. The van der Waals surface area contributed by atoms with Crippen LogP contribution in [0.5, 0.6) is 0 Å². The molecule has 1 unspecified atom stereocenters. The first-order chi connectivity index (χ1) is 8.98. The number of hydrazone groups is 1. The van der Waals surface area contributed by atoms with Crippen molar-refractivity contribution in [3.05, 3.63) is 30.1 Å². The normalized spacial score (nSPS) is 19.6. The summed E-state index contributed by atoms with van der Waals surface area (Å²) in [6.07, 6.45) is -0.567. The van der Waals surface area contributed by atoms with Gasteiger partial charge in [-0.2, -0.15) is 18.3 Å². The van der Waals surface area contributed by atoms with Crippen LogP contribution in [0.3, 0.4) is 0 Å². The molecule has 1 aliphatic heterocycles. The highest BCUT2D eigenvalue weighted by atomic mass is 19.4. The number of hydrogen-bond donors (Lipinski definition) is 1. The number of rotatable bonds is 3. The molecule has 1 atom stereocenters. The van der Waals surface area contributed by atoms with Crippen LogP contribution in [0.2, 0.25) is 0 Å². The van der Waals surface area contributed by atoms with E-state index in [1.54, 1.807) is 30.0 Å². The first-order valence-corrected chi connectivity index (χ1v) is 5.32. The van der Waals surface area contributed by atoms with Crippen LogP contribution in [0, 0.1) is 5.92 Å². The Morgan fingerprint density at radius 3 is 2.89 bits per heavy atom. The fraction of sp³-hybridized carbons (Fsp3) is 0.273. The summed E-state index contributed by atoms with van der Waals surface area (Å²) in [6.45, 7) is 0.156. The minimum absolute atomic E-state index is 0.156. The van der Waals surface area contributed by atoms with E-state index in [9.17, 15) is 18.0 Å². The Hall–Kier alpha value is -2.25. The average molecular weight is 270 g/mol. The highest BCUT2D eigenvalue weighted by Crippen LogP contribution is 2.24. The van der Waals surface area contributed by atoms with Gasteiger partial charge in [0.15, 0.2) is 5.71 Å². The van der Waals surface area contributed by atoms with Gasteiger partial charge in [0, 0.05) is 18.6 Å². The lowest BCUT2D eigenvalue weighted by atomic mass is 10.1. The van der Waals surface area contributed by atoms with Crippen molar-refractivity contribution in [1.82, 2.24) is 10.4 Å². The molecule has 0 spiro atoms. The van der Waals surface area contributed by atoms with Crippen LogP contribution in [-0.4, -0.2) is 29.0 Å². The van der Waals surface area contributed by atoms with Gasteiger partial charge in [-0.15, -0.1) is 0 Å². The second-order valence-corrected chi connectivity index (χ2v) is 3.80. The quantitative estimate of drug-likeness (QED) is 0.842. The summed E-state index contributed by atoms with van der Waals surface area (Å²) in [5, 5.41) is 2.98. The van der Waals surface area contributed by atoms with Gasteiger partial charge in [0.2, 0.25) is 0 Å². The molecule has 19 heavy (non-hydrogen) atoms. The van der Waals surface area contributed by atoms with Crippen molar-refractivity contribution >= 4 is 17.8 Å². The van der Waals surface area contributed by atoms with E-state index >= 15 is 0 Å². The molecule has 0 saturated heterocycles. The summed E-state index contributed by atoms with van der Waals surface area (Å²) in [4.78, 5) is 18.9. The van der Waals surface area contributed by atoms with Crippen LogP contribution < -0.4 is 5.43 Å². The van der Waals surface area contributed by atoms with Crippen molar-refractivity contribution < 1.29 is 18.0 Å². The summed E-state index contributed by atoms with van der Waals surface area (Å²) in [7, 11) is 0. The number of halogens is 3. The number of pyridine rings is 1. The molecule has 2 heterocycles. The number of nitrogens with one attached hydrogen (secondary N) is 1. The molecule has 0 fully saturated rings. The molecule has 1 amide bonds. The zero-order valence-electron chi connectivity index (χ0n) is 9.55. The van der Waals surface area contributed by atoms with E-state index in [2.05, 4.69) is 15.1 Å². The highest BCUT2D eigenvalue weighted by Gasteiger charge is 2.46. The molecule has 2 rings (SSSR count). The van der Waals surface area contributed by atoms with E-state index in [4.69, 9.17) is 0 Å². The zero-order chi connectivity index (χ0) is 13.9. The van der Waals surface area contributed by atoms with Crippen molar-refractivity contribution in [1.29, 1.82) is 0 Å². The number of aromatic nitrogens is 1. The second-order valence-electron chi connectivity index (χ2n) is 3.80. The Morgan fingerprint density at radius 2 is 2.26 bits per heavy atom. The smallest absolute Gasteiger partial charge is 0.291 e. The first-order valence-electron chi connectivity index (χ1n) is 5.32. The molecule has 5 nitrogen and oxygen atoms in total. The largest absolute Gasteiger partial charge is 0.432 e. The predicted molar refractivity (Wildman–Crippen MR) is 61.6 cm³/mol. The van der Waals surface area contributed by atoms with Crippen LogP contribution in [0.25, 0.3) is 0 Å². The van der Waals surface area contributed by atoms with Crippen molar-refractivity contribution in [2.24, 2.45) is 16.0 Å². The number of aliphatic imine (C=N–C) groups is 1. The van der Waals surface area contributed by atoms with Gasteiger partial charge in [-0.3, -0.25) is 14.8 Å². The SMILES string of the molecule is O=C1NN=C(C(F)(F)F)C1C=NCc1cccnc1. The average Bonchev–Trinajstić information content (AvgIpc) is 2.72. The van der Waals surface area contributed by atoms with Crippen LogP contribution in [-0.2, 0) is 11.3 Å². The van der Waals surface area contributed by atoms with Gasteiger partial charge in [0.25, 0.3) is 5.91 Å². The van der Waals surface area contributed by atoms with Gasteiger partial charge in [-0.05, 0) is 11.6 Å². The maximum absolute atomic E-state index is 12.5. The summed E-state index contributed by atoms with van der Waals surface area (Å²) in [6, 6.07) is 3.42. The second kappa shape index (κ2) is 5.17. The Bertz CT molecular complexity index is 524. The third-order valence-corrected chi connectivity index (χ3v) is 2.41. The maximum Gasteiger partial charge on any atom is 0.432 e. The van der Waals surface area contributed by atoms with E-state index in [-0.39, 0.29) is 6.54 Å². The van der Waals surface area contributed by atoms with Crippen molar-refractivity contribution in [3.63, 3.8) is 0 Å². The Morgan fingerprint density at radius 1 is 1.47 bits per heavy atom. The molecule has 1 aliphatic rings. The predicted octanol–water partition coefficient (Wildman–Crippen LogP) is 1.32. The van der Waals surface area contributed by atoms with Gasteiger partial charge in [-0.1, -0.05) is 6.07 Å². The van der Waals surface area contributed by atoms with Gasteiger partial charge in [-0.25, -0.2) is 5.43 Å². The summed E-state index contributed by atoms with van der Waals surface area (Å²) in [5.41, 5.74) is 1.37. The van der Waals surface area contributed by atoms with E-state index in [1.807, 2.05) is 0 Å². The Balaban J connectivity index is 2.05. The maximum atomic E-state index is 12.5. The number of hydrogen-bond acceptors (Lipinski definition) is 4. The lowest BCUT2D eigenvalue weighted by molar-refractivity contribution is -0.121. The molecule has 0 aliphatic carbocycles. The van der Waals surface area contributed by atoms with Crippen molar-refractivity contribution in [2.45, 2.75) is 12.7 Å². The van der Waals surface area contributed by atoms with Crippen LogP contribution in [0.4, 0.5) is 13.2 Å². The van der Waals surface area contributed by atoms with Crippen LogP contribution in [0.1, 0.15) is 5.56 Å². The van der Waals surface area contributed by atoms with E-state index in [0.29, 0.717) is 0 Å². The number of alkyl halides is 3. The van der Waals surface area contributed by atoms with E-state index in [0.717, 1.165) is 11.8 Å². The van der Waals surface area contributed by atoms with Gasteiger partial charge < -0.3 is 0 Å². The topological polar surface area (TPSA) is 66.7 Å². The number of carbonyl (C=O) groups excluding carboxylic acids is 1. The first kappa shape index (κ1) is 13.2. The molecule has 1 N–H and O–H groups in total. The summed E-state index contributed by atoms with van der Waals surface area (Å²) in [5.74, 6) is -2.32. The molecule has 0 bridgehead atoms. The van der Waals surface area contributed by atoms with Gasteiger partial charge >= 0.3 is 6.18 Å². The van der Waals surface area contributed by atoms with Gasteiger partial charge in [0.05, 0.1) is 6.54 Å². The Labute approximate surface area is 106 Å². The molecule has 0 radical (unpaired) electrons. The zero-order valence-corrected chi connectivity index (χ0v) is 9.55. The minimum Gasteiger partial charge on any atom is -0.291 e. The molecular weight excluding hydrogens is 261 g/mol. The molecule has 0 aromatic carbocycles. The molecule has 1 aromatic heterocycles. The van der Waals surface area contributed by atoms with Crippen LogP contribution >= 0.6 is 0 Å². The molecule has 1 aromatic rings. The van der Waals surface area contributed by atoms with Crippen LogP contribution in [0.15, 0.2) is 34.6 Å². The molecule has 8 heteroatoms. The van der Waals surface area contributed by atoms with Crippen molar-refractivity contribution in [3.8, 4) is 0 Å². The fourth-order valence-corrected chi connectivity index (χ4v) is 1.51. The summed E-state index contributed by atoms with van der Waals surface area (Å²) < 4.78 is 37.6. The van der Waals surface area contributed by atoms with Gasteiger partial charge in [0.1, 0.15) is 5.92 Å². The number of amides is 1. The van der Waals surface area contributed by atoms with E-state index < -0.39 is 23.7 Å². The highest BCUT2D eigenvalue weighted by molar-refractivity contribution is 6.20. The monoisotopic (exact) mass is 270 g/mol. The third-order valence-electron chi connectivity index (χ3n) is 2.41. The van der Waals surface area contributed by atoms with Crippen molar-refractivity contribution in [2.75, 3.05) is 0 Å². The minimum atomic E-state index is -4.65.